The van der Waals surface area contributed by atoms with Crippen molar-refractivity contribution in [2.24, 2.45) is 0 Å². The van der Waals surface area contributed by atoms with Crippen molar-refractivity contribution in [2.75, 3.05) is 13.2 Å². The number of hydrogen-bond donors (Lipinski definition) is 0. The van der Waals surface area contributed by atoms with E-state index in [0.717, 1.165) is 22.5 Å². The van der Waals surface area contributed by atoms with Gasteiger partial charge in [-0.15, -0.1) is 0 Å². The summed E-state index contributed by atoms with van der Waals surface area (Å²) < 4.78 is 9.77. The van der Waals surface area contributed by atoms with Crippen molar-refractivity contribution in [2.45, 2.75) is 51.6 Å². The number of halogens is 2. The number of carbonyl (C=O) groups is 2. The van der Waals surface area contributed by atoms with Crippen molar-refractivity contribution in [3.8, 4) is 0 Å². The predicted molar refractivity (Wildman–Crippen MR) is 128 cm³/mol. The molecule has 2 aromatic rings. The van der Waals surface area contributed by atoms with Gasteiger partial charge >= 0.3 is 48.7 Å². The Bertz CT molecular complexity index is 784. The normalized spacial score (nSPS) is 9.29. The van der Waals surface area contributed by atoms with E-state index in [9.17, 15) is 9.59 Å². The molecule has 0 saturated heterocycles. The third-order valence-corrected chi connectivity index (χ3v) is 4.17. The van der Waals surface area contributed by atoms with Crippen LogP contribution in [0.2, 0.25) is 0 Å². The maximum absolute atomic E-state index is 11.5. The Balaban J connectivity index is 0.000000516. The van der Waals surface area contributed by atoms with Gasteiger partial charge in [-0.25, -0.2) is 9.59 Å². The van der Waals surface area contributed by atoms with Crippen LogP contribution in [0, 0.1) is 27.7 Å². The van der Waals surface area contributed by atoms with E-state index in [2.05, 4.69) is 9.97 Å². The van der Waals surface area contributed by atoms with E-state index in [1.165, 1.54) is 0 Å². The summed E-state index contributed by atoms with van der Waals surface area (Å²) in [6, 6.07) is 3.64. The molecule has 0 spiro atoms. The molecule has 0 aliphatic rings. The van der Waals surface area contributed by atoms with Crippen molar-refractivity contribution >= 4 is 73.9 Å². The predicted octanol–water partition coefficient (Wildman–Crippen LogP) is 4.56. The molecule has 0 fully saturated rings. The minimum absolute atomic E-state index is 0.320. The number of hydrogen-bond acceptors (Lipinski definition) is 8. The number of pyridine rings is 2. The first kappa shape index (κ1) is 30.1. The first-order valence-electron chi connectivity index (χ1n) is 9.14. The van der Waals surface area contributed by atoms with Gasteiger partial charge in [0.2, 0.25) is 0 Å². The Morgan fingerprint density at radius 1 is 0.839 bits per heavy atom. The SMILES string of the molecule is CCOC(=O)c1c(C)cc(C)nc1[S-].CCOC(=O)c1c(C)cc(C)nc1[S-].[Cl][Sn+2][Cl]. The first-order chi connectivity index (χ1) is 14.5. The summed E-state index contributed by atoms with van der Waals surface area (Å²) in [6.45, 7) is 11.6. The van der Waals surface area contributed by atoms with E-state index in [0.29, 0.717) is 34.4 Å². The van der Waals surface area contributed by atoms with E-state index in [1.807, 2.05) is 39.8 Å². The second-order valence-electron chi connectivity index (χ2n) is 6.03. The van der Waals surface area contributed by atoms with Gasteiger partial charge < -0.3 is 34.7 Å². The zero-order valence-corrected chi connectivity index (χ0v) is 24.2. The van der Waals surface area contributed by atoms with Gasteiger partial charge in [-0.1, -0.05) is 10.1 Å². The van der Waals surface area contributed by atoms with Gasteiger partial charge in [0, 0.05) is 11.4 Å². The Morgan fingerprint density at radius 3 is 1.35 bits per heavy atom. The maximum atomic E-state index is 11.5. The van der Waals surface area contributed by atoms with Crippen LogP contribution >= 0.6 is 17.8 Å². The minimum atomic E-state index is -0.826. The van der Waals surface area contributed by atoms with Gasteiger partial charge in [0.25, 0.3) is 0 Å². The molecule has 2 rings (SSSR count). The van der Waals surface area contributed by atoms with Crippen LogP contribution in [0.25, 0.3) is 0 Å². The summed E-state index contributed by atoms with van der Waals surface area (Å²) in [5.41, 5.74) is 4.10. The van der Waals surface area contributed by atoms with Gasteiger partial charge in [0.05, 0.1) is 24.3 Å². The second-order valence-corrected chi connectivity index (χ2v) is 11.0. The first-order valence-corrected chi connectivity index (χ1v) is 17.2. The second kappa shape index (κ2) is 15.8. The van der Waals surface area contributed by atoms with Gasteiger partial charge in [-0.3, -0.25) is 9.97 Å². The van der Waals surface area contributed by atoms with Crippen molar-refractivity contribution < 1.29 is 19.1 Å². The fraction of sp³-hybridized carbons (Fsp3) is 0.400. The molecule has 0 radical (unpaired) electrons. The molecule has 0 bridgehead atoms. The molecule has 0 saturated carbocycles. The Labute approximate surface area is 212 Å². The third kappa shape index (κ3) is 10.5. The molecule has 168 valence electrons. The van der Waals surface area contributed by atoms with E-state index in [-0.39, 0.29) is 11.9 Å². The van der Waals surface area contributed by atoms with Crippen molar-refractivity contribution in [3.63, 3.8) is 0 Å². The van der Waals surface area contributed by atoms with E-state index >= 15 is 0 Å². The molecule has 0 aromatic carbocycles. The summed E-state index contributed by atoms with van der Waals surface area (Å²) in [5, 5.41) is 0.641. The molecule has 0 N–H and O–H groups in total. The van der Waals surface area contributed by atoms with Crippen LogP contribution in [0.1, 0.15) is 57.1 Å². The number of aromatic nitrogens is 2. The van der Waals surface area contributed by atoms with E-state index in [1.54, 1.807) is 13.8 Å². The number of nitrogens with zero attached hydrogens (tertiary/aromatic N) is 2. The fourth-order valence-electron chi connectivity index (χ4n) is 2.51. The molecule has 0 aliphatic carbocycles. The fourth-order valence-corrected chi connectivity index (χ4v) is 3.28. The third-order valence-electron chi connectivity index (χ3n) is 3.58. The van der Waals surface area contributed by atoms with Gasteiger partial charge in [0.15, 0.2) is 0 Å². The zero-order valence-electron chi connectivity index (χ0n) is 18.2. The monoisotopic (exact) mass is 610 g/mol. The Hall–Kier alpha value is -0.941. The van der Waals surface area contributed by atoms with Crippen molar-refractivity contribution in [1.29, 1.82) is 0 Å². The Morgan fingerprint density at radius 2 is 1.13 bits per heavy atom. The van der Waals surface area contributed by atoms with E-state index in [4.69, 9.17) is 52.6 Å². The summed E-state index contributed by atoms with van der Waals surface area (Å²) in [5.74, 6) is -0.773. The van der Waals surface area contributed by atoms with Gasteiger partial charge in [-0.05, 0) is 64.8 Å². The van der Waals surface area contributed by atoms with Crippen LogP contribution in [0.5, 0.6) is 0 Å². The number of rotatable bonds is 4. The van der Waals surface area contributed by atoms with E-state index < -0.39 is 18.9 Å². The number of esters is 2. The summed E-state index contributed by atoms with van der Waals surface area (Å²) in [7, 11) is 9.87. The molecule has 31 heavy (non-hydrogen) atoms. The van der Waals surface area contributed by atoms with Crippen LogP contribution in [0.15, 0.2) is 22.2 Å². The molecule has 0 atom stereocenters. The molecule has 6 nitrogen and oxygen atoms in total. The zero-order chi connectivity index (χ0) is 24.1. The van der Waals surface area contributed by atoms with Crippen LogP contribution in [-0.2, 0) is 34.7 Å². The van der Waals surface area contributed by atoms with Crippen LogP contribution in [0.4, 0.5) is 0 Å². The topological polar surface area (TPSA) is 78.4 Å². The number of aryl methyl sites for hydroxylation is 4. The average Bonchev–Trinajstić information content (AvgIpc) is 2.61. The quantitative estimate of drug-likeness (QED) is 0.284. The molecule has 0 amide bonds. The summed E-state index contributed by atoms with van der Waals surface area (Å²) in [4.78, 5) is 31.0. The van der Waals surface area contributed by atoms with Crippen molar-refractivity contribution in [3.05, 3.63) is 45.8 Å². The number of ether oxygens (including phenoxy) is 2. The molecule has 2 heterocycles. The standard InChI is InChI=1S/2C10H13NO2S.2ClH.Sn/c2*1-4-13-10(12)8-6(2)5-7(3)11-9(8)14;;;/h2*5H,4H2,1-3H3,(H,11,14);2*1H;/q;;;;+4/p-4. The molecular weight excluding hydrogens is 586 g/mol. The van der Waals surface area contributed by atoms with Crippen molar-refractivity contribution in [1.82, 2.24) is 9.97 Å². The van der Waals surface area contributed by atoms with Gasteiger partial charge in [-0.2, -0.15) is 0 Å². The molecule has 2 aromatic heterocycles. The van der Waals surface area contributed by atoms with Crippen LogP contribution < -0.4 is 0 Å². The molecule has 0 aliphatic heterocycles. The molecule has 0 unspecified atom stereocenters. The molecular formula is C20H24Cl2N2O4S2Sn. The average molecular weight is 610 g/mol. The summed E-state index contributed by atoms with van der Waals surface area (Å²) in [6.07, 6.45) is 0. The summed E-state index contributed by atoms with van der Waals surface area (Å²) >= 11 is 9.19. The van der Waals surface area contributed by atoms with Crippen LogP contribution in [-0.4, -0.2) is 54.0 Å². The van der Waals surface area contributed by atoms with Gasteiger partial charge in [0.1, 0.15) is 0 Å². The molecule has 11 heteroatoms. The number of carbonyl (C=O) groups excluding carboxylic acids is 2. The Kier molecular flexibility index (Phi) is 15.3. The van der Waals surface area contributed by atoms with Crippen LogP contribution in [0.3, 0.4) is 0 Å².